The predicted octanol–water partition coefficient (Wildman–Crippen LogP) is 0.639. The highest BCUT2D eigenvalue weighted by Gasteiger charge is 2.21. The highest BCUT2D eigenvalue weighted by molar-refractivity contribution is 7.38. The fraction of sp³-hybridized carbons (Fsp3) is 0.800. The molecular formula is C5H11NO3P+. The van der Waals surface area contributed by atoms with Crippen LogP contribution in [0.4, 0.5) is 0 Å². The van der Waals surface area contributed by atoms with Crippen LogP contribution in [-0.2, 0) is 13.9 Å². The first-order chi connectivity index (χ1) is 4.57. The maximum absolute atomic E-state index is 10.7. The van der Waals surface area contributed by atoms with Crippen LogP contribution in [0.2, 0.25) is 0 Å². The minimum Gasteiger partial charge on any atom is -0.318 e. The van der Waals surface area contributed by atoms with Crippen LogP contribution in [0.5, 0.6) is 0 Å². The largest absolute Gasteiger partial charge is 0.555 e. The molecule has 0 aromatic heterocycles. The van der Waals surface area contributed by atoms with Crippen LogP contribution in [0.15, 0.2) is 0 Å². The van der Waals surface area contributed by atoms with E-state index in [-0.39, 0.29) is 0 Å². The summed E-state index contributed by atoms with van der Waals surface area (Å²) in [4.78, 5) is 10.7. The SMILES string of the molecule is CC[C@H](N)C(=O)O[P+](C)=O. The number of carbonyl (C=O) groups excluding carboxylic acids is 1. The second-order valence-electron chi connectivity index (χ2n) is 1.86. The molecule has 0 rings (SSSR count). The zero-order chi connectivity index (χ0) is 8.15. The molecular weight excluding hydrogens is 153 g/mol. The molecule has 0 aromatic carbocycles. The van der Waals surface area contributed by atoms with Gasteiger partial charge in [0.1, 0.15) is 6.04 Å². The summed E-state index contributed by atoms with van der Waals surface area (Å²) in [5.41, 5.74) is 5.26. The second kappa shape index (κ2) is 4.36. The first-order valence-corrected chi connectivity index (χ1v) is 4.58. The van der Waals surface area contributed by atoms with Crippen LogP contribution in [0, 0.1) is 0 Å². The molecule has 0 bridgehead atoms. The van der Waals surface area contributed by atoms with Crippen molar-refractivity contribution in [2.24, 2.45) is 5.73 Å². The minimum absolute atomic E-state index is 0.502. The summed E-state index contributed by atoms with van der Waals surface area (Å²) in [5.74, 6) is -0.592. The van der Waals surface area contributed by atoms with Crippen LogP contribution in [0.3, 0.4) is 0 Å². The molecule has 0 saturated carbocycles. The molecule has 0 saturated heterocycles. The van der Waals surface area contributed by atoms with Crippen molar-refractivity contribution >= 4 is 14.0 Å². The first-order valence-electron chi connectivity index (χ1n) is 2.96. The van der Waals surface area contributed by atoms with Gasteiger partial charge in [0.2, 0.25) is 0 Å². The summed E-state index contributed by atoms with van der Waals surface area (Å²) in [6.07, 6.45) is 0.502. The zero-order valence-electron chi connectivity index (χ0n) is 6.03. The van der Waals surface area contributed by atoms with Gasteiger partial charge >= 0.3 is 14.0 Å². The van der Waals surface area contributed by atoms with Gasteiger partial charge in [0.05, 0.1) is 0 Å². The molecule has 0 aliphatic heterocycles. The van der Waals surface area contributed by atoms with Gasteiger partial charge in [0.25, 0.3) is 0 Å². The maximum atomic E-state index is 10.7. The Morgan fingerprint density at radius 2 is 2.30 bits per heavy atom. The summed E-state index contributed by atoms with van der Waals surface area (Å²) in [6.45, 7) is 3.07. The lowest BCUT2D eigenvalue weighted by Gasteiger charge is -1.98. The Bertz CT molecular complexity index is 148. The Kier molecular flexibility index (Phi) is 4.16. The molecule has 2 atom stereocenters. The van der Waals surface area contributed by atoms with Crippen molar-refractivity contribution in [2.75, 3.05) is 6.66 Å². The topological polar surface area (TPSA) is 69.4 Å². The van der Waals surface area contributed by atoms with Crippen LogP contribution in [0.1, 0.15) is 13.3 Å². The maximum Gasteiger partial charge on any atom is 0.555 e. The van der Waals surface area contributed by atoms with Gasteiger partial charge in [-0.1, -0.05) is 6.92 Å². The van der Waals surface area contributed by atoms with Gasteiger partial charge in [-0.15, -0.1) is 0 Å². The monoisotopic (exact) mass is 164 g/mol. The lowest BCUT2D eigenvalue weighted by Crippen LogP contribution is -2.29. The number of carbonyl (C=O) groups is 1. The molecule has 58 valence electrons. The normalized spacial score (nSPS) is 14.1. The Labute approximate surface area is 60.6 Å². The van der Waals surface area contributed by atoms with Gasteiger partial charge in [-0.05, 0) is 11.0 Å². The number of rotatable bonds is 3. The van der Waals surface area contributed by atoms with Crippen molar-refractivity contribution < 1.29 is 13.9 Å². The molecule has 0 aliphatic rings. The smallest absolute Gasteiger partial charge is 0.318 e. The van der Waals surface area contributed by atoms with Crippen molar-refractivity contribution in [2.45, 2.75) is 19.4 Å². The Morgan fingerprint density at radius 3 is 2.60 bits per heavy atom. The average Bonchev–Trinajstić information content (AvgIpc) is 1.85. The predicted molar refractivity (Wildman–Crippen MR) is 37.9 cm³/mol. The van der Waals surface area contributed by atoms with Gasteiger partial charge < -0.3 is 5.73 Å². The molecule has 10 heavy (non-hydrogen) atoms. The van der Waals surface area contributed by atoms with Crippen molar-refractivity contribution in [1.82, 2.24) is 0 Å². The molecule has 0 aromatic rings. The van der Waals surface area contributed by atoms with Gasteiger partial charge in [-0.2, -0.15) is 0 Å². The van der Waals surface area contributed by atoms with Crippen LogP contribution in [0.25, 0.3) is 0 Å². The van der Waals surface area contributed by atoms with E-state index in [2.05, 4.69) is 4.52 Å². The van der Waals surface area contributed by atoms with Crippen molar-refractivity contribution in [3.63, 3.8) is 0 Å². The van der Waals surface area contributed by atoms with Gasteiger partial charge in [0, 0.05) is 0 Å². The lowest BCUT2D eigenvalue weighted by molar-refractivity contribution is -0.135. The second-order valence-corrected chi connectivity index (χ2v) is 2.93. The van der Waals surface area contributed by atoms with E-state index in [0.717, 1.165) is 0 Å². The number of nitrogens with two attached hydrogens (primary N) is 1. The van der Waals surface area contributed by atoms with E-state index in [9.17, 15) is 9.36 Å². The van der Waals surface area contributed by atoms with Crippen LogP contribution < -0.4 is 5.73 Å². The van der Waals surface area contributed by atoms with Gasteiger partial charge in [-0.3, -0.25) is 0 Å². The molecule has 0 spiro atoms. The summed E-state index contributed by atoms with van der Waals surface area (Å²) in [6, 6.07) is -0.640. The molecule has 0 fully saturated rings. The fourth-order valence-electron chi connectivity index (χ4n) is 0.361. The Hall–Kier alpha value is -0.470. The van der Waals surface area contributed by atoms with Crippen LogP contribution in [-0.4, -0.2) is 18.7 Å². The molecule has 4 nitrogen and oxygen atoms in total. The third-order valence-corrected chi connectivity index (χ3v) is 1.40. The van der Waals surface area contributed by atoms with E-state index < -0.39 is 20.0 Å². The van der Waals surface area contributed by atoms with Crippen molar-refractivity contribution in [1.29, 1.82) is 0 Å². The van der Waals surface area contributed by atoms with Crippen molar-refractivity contribution in [3.8, 4) is 0 Å². The van der Waals surface area contributed by atoms with Crippen molar-refractivity contribution in [3.05, 3.63) is 0 Å². The number of hydrogen-bond donors (Lipinski definition) is 1. The molecule has 0 aliphatic carbocycles. The molecule has 1 unspecified atom stereocenters. The standard InChI is InChI=1S/C5H11NO3P/c1-3-4(6)5(7)9-10(2)8/h4H,3,6H2,1-2H3/q+1/t4-/m0/s1. The highest BCUT2D eigenvalue weighted by atomic mass is 31.1. The fourth-order valence-corrected chi connectivity index (χ4v) is 0.750. The average molecular weight is 164 g/mol. The van der Waals surface area contributed by atoms with E-state index in [1.165, 1.54) is 6.66 Å². The molecule has 0 amide bonds. The highest BCUT2D eigenvalue weighted by Crippen LogP contribution is 2.16. The van der Waals surface area contributed by atoms with E-state index in [1.807, 2.05) is 0 Å². The van der Waals surface area contributed by atoms with Gasteiger partial charge in [-0.25, -0.2) is 9.32 Å². The zero-order valence-corrected chi connectivity index (χ0v) is 6.93. The summed E-state index contributed by atoms with van der Waals surface area (Å²) >= 11 is 0. The quantitative estimate of drug-likeness (QED) is 0.621. The third-order valence-electron chi connectivity index (χ3n) is 0.961. The Morgan fingerprint density at radius 1 is 1.80 bits per heavy atom. The van der Waals surface area contributed by atoms with E-state index >= 15 is 0 Å². The van der Waals surface area contributed by atoms with E-state index in [0.29, 0.717) is 6.42 Å². The lowest BCUT2D eigenvalue weighted by atomic mass is 10.2. The van der Waals surface area contributed by atoms with E-state index in [4.69, 9.17) is 5.73 Å². The summed E-state index contributed by atoms with van der Waals surface area (Å²) < 4.78 is 14.7. The third kappa shape index (κ3) is 3.54. The summed E-state index contributed by atoms with van der Waals surface area (Å²) in [5, 5.41) is 0. The first kappa shape index (κ1) is 9.53. The Balaban J connectivity index is 3.73. The minimum atomic E-state index is -1.86. The van der Waals surface area contributed by atoms with Gasteiger partial charge in [0.15, 0.2) is 6.66 Å². The van der Waals surface area contributed by atoms with E-state index in [1.54, 1.807) is 6.92 Å². The molecule has 0 radical (unpaired) electrons. The molecule has 0 heterocycles. The number of hydrogen-bond acceptors (Lipinski definition) is 4. The molecule has 5 heteroatoms. The van der Waals surface area contributed by atoms with Crippen LogP contribution >= 0.6 is 8.03 Å². The summed E-state index contributed by atoms with van der Waals surface area (Å²) in [7, 11) is -1.86. The molecule has 2 N–H and O–H groups in total.